The van der Waals surface area contributed by atoms with Crippen LogP contribution >= 0.6 is 0 Å². The number of rotatable bonds is 7. The molecule has 0 aliphatic carbocycles. The van der Waals surface area contributed by atoms with Crippen molar-refractivity contribution in [3.05, 3.63) is 66.1 Å². The number of hydrogen-bond donors (Lipinski definition) is 4. The average Bonchev–Trinajstić information content (AvgIpc) is 3.53. The lowest BCUT2D eigenvalue weighted by molar-refractivity contribution is 0.0963. The maximum atomic E-state index is 12.6. The van der Waals surface area contributed by atoms with E-state index in [1.165, 1.54) is 19.0 Å². The quantitative estimate of drug-likeness (QED) is 0.315. The van der Waals surface area contributed by atoms with Gasteiger partial charge in [0.15, 0.2) is 5.65 Å². The lowest BCUT2D eigenvalue weighted by Crippen LogP contribution is -2.31. The molecule has 1 aliphatic heterocycles. The van der Waals surface area contributed by atoms with Gasteiger partial charge < -0.3 is 25.6 Å². The Balaban J connectivity index is 1.26. The number of ether oxygens (including phenoxy) is 1. The molecule has 0 bridgehead atoms. The van der Waals surface area contributed by atoms with Gasteiger partial charge in [-0.25, -0.2) is 14.8 Å². The van der Waals surface area contributed by atoms with E-state index in [1.54, 1.807) is 31.4 Å². The van der Waals surface area contributed by atoms with E-state index in [0.29, 0.717) is 29.2 Å². The van der Waals surface area contributed by atoms with Gasteiger partial charge in [-0.2, -0.15) is 5.10 Å². The molecular weight excluding hydrogens is 460 g/mol. The number of nitrogens with zero attached hydrogens (tertiary/aromatic N) is 4. The van der Waals surface area contributed by atoms with Crippen molar-refractivity contribution in [2.45, 2.75) is 12.3 Å². The average molecular weight is 487 g/mol. The largest absolute Gasteiger partial charge is 0.495 e. The smallest absolute Gasteiger partial charge is 0.319 e. The van der Waals surface area contributed by atoms with Crippen LogP contribution < -0.4 is 25.6 Å². The summed E-state index contributed by atoms with van der Waals surface area (Å²) >= 11 is 0. The molecule has 1 atom stereocenters. The van der Waals surface area contributed by atoms with Gasteiger partial charge in [-0.3, -0.25) is 9.89 Å². The standard InChI is InChI=1S/C25H26N8O3/c1-26-24(34)15-7-8-21(36-2)19(11-15)31-25(35)27-10-9-16-13-33(20-6-4-3-5-17(16)20)23-18-12-30-32-22(18)28-14-29-23/h3-8,11-12,14,16H,9-10,13H2,1-2H3,(H,26,34)(H2,27,31,35)(H,28,29,30,32). The highest BCUT2D eigenvalue weighted by Crippen LogP contribution is 2.42. The minimum Gasteiger partial charge on any atom is -0.495 e. The molecule has 2 aromatic heterocycles. The normalized spacial score (nSPS) is 14.4. The minimum atomic E-state index is -0.374. The number of carbonyl (C=O) groups excluding carboxylic acids is 2. The van der Waals surface area contributed by atoms with Crippen LogP contribution in [0.2, 0.25) is 0 Å². The summed E-state index contributed by atoms with van der Waals surface area (Å²) in [7, 11) is 3.06. The minimum absolute atomic E-state index is 0.199. The van der Waals surface area contributed by atoms with Crippen molar-refractivity contribution in [1.82, 2.24) is 30.8 Å². The molecule has 3 amide bonds. The molecule has 0 saturated heterocycles. The van der Waals surface area contributed by atoms with Gasteiger partial charge in [-0.05, 0) is 36.2 Å². The summed E-state index contributed by atoms with van der Waals surface area (Å²) in [5, 5.41) is 16.1. The molecule has 0 saturated carbocycles. The third-order valence-electron chi connectivity index (χ3n) is 6.27. The van der Waals surface area contributed by atoms with Gasteiger partial charge in [0.1, 0.15) is 17.9 Å². The Labute approximate surface area is 207 Å². The molecule has 184 valence electrons. The third-order valence-corrected chi connectivity index (χ3v) is 6.27. The molecule has 1 aliphatic rings. The summed E-state index contributed by atoms with van der Waals surface area (Å²) in [6.45, 7) is 1.18. The molecular formula is C25H26N8O3. The molecule has 11 nitrogen and oxygen atoms in total. The summed E-state index contributed by atoms with van der Waals surface area (Å²) in [5.74, 6) is 1.22. The summed E-state index contributed by atoms with van der Waals surface area (Å²) in [4.78, 5) is 35.5. The van der Waals surface area contributed by atoms with Crippen LogP contribution in [0.15, 0.2) is 55.0 Å². The van der Waals surface area contributed by atoms with Crippen LogP contribution in [0.25, 0.3) is 11.0 Å². The Hall–Kier alpha value is -4.67. The van der Waals surface area contributed by atoms with Crippen molar-refractivity contribution in [3.8, 4) is 5.75 Å². The van der Waals surface area contributed by atoms with Crippen LogP contribution in [0.3, 0.4) is 0 Å². The first kappa shape index (κ1) is 23.1. The molecule has 5 rings (SSSR count). The van der Waals surface area contributed by atoms with Gasteiger partial charge in [0.05, 0.1) is 24.4 Å². The van der Waals surface area contributed by atoms with E-state index in [-0.39, 0.29) is 17.9 Å². The fourth-order valence-electron chi connectivity index (χ4n) is 4.53. The highest BCUT2D eigenvalue weighted by molar-refractivity contribution is 5.98. The zero-order chi connectivity index (χ0) is 25.1. The number of para-hydroxylation sites is 1. The predicted octanol–water partition coefficient (Wildman–Crippen LogP) is 3.17. The first-order chi connectivity index (χ1) is 17.6. The van der Waals surface area contributed by atoms with E-state index in [4.69, 9.17) is 4.74 Å². The number of amides is 3. The molecule has 1 unspecified atom stereocenters. The molecule has 0 fully saturated rings. The second-order valence-corrected chi connectivity index (χ2v) is 8.36. The molecule has 2 aromatic carbocycles. The summed E-state index contributed by atoms with van der Waals surface area (Å²) in [5.41, 5.74) is 3.82. The number of aromatic amines is 1. The van der Waals surface area contributed by atoms with E-state index in [2.05, 4.69) is 53.1 Å². The Morgan fingerprint density at radius 1 is 1.19 bits per heavy atom. The van der Waals surface area contributed by atoms with E-state index in [1.807, 2.05) is 12.1 Å². The van der Waals surface area contributed by atoms with E-state index in [9.17, 15) is 9.59 Å². The number of nitrogens with one attached hydrogen (secondary N) is 4. The van der Waals surface area contributed by atoms with Gasteiger partial charge in [0.2, 0.25) is 0 Å². The highest BCUT2D eigenvalue weighted by Gasteiger charge is 2.31. The van der Waals surface area contributed by atoms with Gasteiger partial charge in [-0.1, -0.05) is 18.2 Å². The number of anilines is 3. The van der Waals surface area contributed by atoms with Gasteiger partial charge >= 0.3 is 6.03 Å². The zero-order valence-corrected chi connectivity index (χ0v) is 19.9. The first-order valence-electron chi connectivity index (χ1n) is 11.5. The van der Waals surface area contributed by atoms with Crippen LogP contribution in [0.5, 0.6) is 5.75 Å². The van der Waals surface area contributed by atoms with Gasteiger partial charge in [-0.15, -0.1) is 0 Å². The Morgan fingerprint density at radius 2 is 2.06 bits per heavy atom. The maximum Gasteiger partial charge on any atom is 0.319 e. The Morgan fingerprint density at radius 3 is 2.89 bits per heavy atom. The first-order valence-corrected chi connectivity index (χ1v) is 11.5. The predicted molar refractivity (Wildman–Crippen MR) is 136 cm³/mol. The number of aromatic nitrogens is 4. The third kappa shape index (κ3) is 4.38. The summed E-state index contributed by atoms with van der Waals surface area (Å²) < 4.78 is 5.32. The molecule has 3 heterocycles. The Bertz CT molecular complexity index is 1420. The van der Waals surface area contributed by atoms with Crippen LogP contribution in [-0.4, -0.2) is 59.4 Å². The Kier molecular flexibility index (Phi) is 6.35. The van der Waals surface area contributed by atoms with Crippen molar-refractivity contribution in [2.75, 3.05) is 37.5 Å². The number of hydrogen-bond acceptors (Lipinski definition) is 7. The van der Waals surface area contributed by atoms with Crippen molar-refractivity contribution in [3.63, 3.8) is 0 Å². The molecule has 11 heteroatoms. The number of carbonyl (C=O) groups is 2. The number of methoxy groups -OCH3 is 1. The summed E-state index contributed by atoms with van der Waals surface area (Å²) in [6.07, 6.45) is 4.00. The van der Waals surface area contributed by atoms with Gasteiger partial charge in [0.25, 0.3) is 5.91 Å². The second kappa shape index (κ2) is 9.90. The second-order valence-electron chi connectivity index (χ2n) is 8.36. The van der Waals surface area contributed by atoms with Crippen molar-refractivity contribution in [2.24, 2.45) is 0 Å². The van der Waals surface area contributed by atoms with E-state index < -0.39 is 0 Å². The van der Waals surface area contributed by atoms with Crippen LogP contribution in [0.1, 0.15) is 28.3 Å². The monoisotopic (exact) mass is 486 g/mol. The number of H-pyrrole nitrogens is 1. The number of fused-ring (bicyclic) bond motifs is 2. The SMILES string of the molecule is CNC(=O)c1ccc(OC)c(NC(=O)NCCC2CN(c3ncnc4[nH]ncc34)c3ccccc32)c1. The fourth-order valence-corrected chi connectivity index (χ4v) is 4.53. The van der Waals surface area contributed by atoms with Crippen molar-refractivity contribution in [1.29, 1.82) is 0 Å². The van der Waals surface area contributed by atoms with Crippen LogP contribution in [-0.2, 0) is 0 Å². The molecule has 0 spiro atoms. The lowest BCUT2D eigenvalue weighted by atomic mass is 9.98. The number of urea groups is 1. The van der Waals surface area contributed by atoms with Crippen LogP contribution in [0, 0.1) is 0 Å². The van der Waals surface area contributed by atoms with Crippen molar-refractivity contribution >= 4 is 40.2 Å². The fraction of sp³-hybridized carbons (Fsp3) is 0.240. The molecule has 0 radical (unpaired) electrons. The zero-order valence-electron chi connectivity index (χ0n) is 19.9. The van der Waals surface area contributed by atoms with Crippen LogP contribution in [0.4, 0.5) is 22.0 Å². The molecule has 36 heavy (non-hydrogen) atoms. The highest BCUT2D eigenvalue weighted by atomic mass is 16.5. The lowest BCUT2D eigenvalue weighted by Gasteiger charge is -2.19. The molecule has 4 N–H and O–H groups in total. The summed E-state index contributed by atoms with van der Waals surface area (Å²) in [6, 6.07) is 12.7. The van der Waals surface area contributed by atoms with E-state index >= 15 is 0 Å². The van der Waals surface area contributed by atoms with Crippen molar-refractivity contribution < 1.29 is 14.3 Å². The topological polar surface area (TPSA) is 137 Å². The number of benzene rings is 2. The molecule has 4 aromatic rings. The van der Waals surface area contributed by atoms with Gasteiger partial charge in [0, 0.05) is 37.3 Å². The maximum absolute atomic E-state index is 12.6. The van der Waals surface area contributed by atoms with E-state index in [0.717, 1.165) is 29.9 Å².